The van der Waals surface area contributed by atoms with Crippen LogP contribution in [0.5, 0.6) is 5.75 Å². The zero-order chi connectivity index (χ0) is 15.1. The standard InChI is InChI=1S/C15H23FN2O2/c1-4-10(5-2)14(17)9-18-15(19)12-7-6-11(20-3)8-13(12)16/h6-8,10,14H,4-5,9,17H2,1-3H3,(H,18,19). The smallest absolute Gasteiger partial charge is 0.254 e. The second kappa shape index (κ2) is 7.85. The summed E-state index contributed by atoms with van der Waals surface area (Å²) in [6.45, 7) is 4.48. The van der Waals surface area contributed by atoms with Gasteiger partial charge in [0, 0.05) is 18.7 Å². The molecule has 1 atom stereocenters. The van der Waals surface area contributed by atoms with Gasteiger partial charge >= 0.3 is 0 Å². The average Bonchev–Trinajstić information content (AvgIpc) is 2.45. The summed E-state index contributed by atoms with van der Waals surface area (Å²) in [5, 5.41) is 2.68. The first kappa shape index (κ1) is 16.4. The lowest BCUT2D eigenvalue weighted by molar-refractivity contribution is 0.0944. The first-order valence-corrected chi connectivity index (χ1v) is 6.90. The van der Waals surface area contributed by atoms with Gasteiger partial charge < -0.3 is 15.8 Å². The molecule has 0 radical (unpaired) electrons. The van der Waals surface area contributed by atoms with Gasteiger partial charge in [-0.15, -0.1) is 0 Å². The number of amides is 1. The van der Waals surface area contributed by atoms with Gasteiger partial charge in [0.25, 0.3) is 5.91 Å². The summed E-state index contributed by atoms with van der Waals surface area (Å²) >= 11 is 0. The van der Waals surface area contributed by atoms with Crippen LogP contribution in [0, 0.1) is 11.7 Å². The summed E-state index contributed by atoms with van der Waals surface area (Å²) in [6, 6.07) is 4.04. The maximum atomic E-state index is 13.7. The summed E-state index contributed by atoms with van der Waals surface area (Å²) in [5.74, 6) is -0.312. The second-order valence-electron chi connectivity index (χ2n) is 4.80. The van der Waals surface area contributed by atoms with Crippen molar-refractivity contribution in [3.63, 3.8) is 0 Å². The number of hydrogen-bond donors (Lipinski definition) is 2. The molecule has 20 heavy (non-hydrogen) atoms. The van der Waals surface area contributed by atoms with E-state index >= 15 is 0 Å². The molecule has 1 unspecified atom stereocenters. The Bertz CT molecular complexity index is 447. The van der Waals surface area contributed by atoms with Gasteiger partial charge in [0.05, 0.1) is 12.7 Å². The van der Waals surface area contributed by atoms with Crippen molar-refractivity contribution in [2.24, 2.45) is 11.7 Å². The summed E-state index contributed by atoms with van der Waals surface area (Å²) in [4.78, 5) is 11.9. The van der Waals surface area contributed by atoms with Gasteiger partial charge in [-0.2, -0.15) is 0 Å². The molecular weight excluding hydrogens is 259 g/mol. The fraction of sp³-hybridized carbons (Fsp3) is 0.533. The van der Waals surface area contributed by atoms with Crippen LogP contribution < -0.4 is 15.8 Å². The Balaban J connectivity index is 2.63. The SMILES string of the molecule is CCC(CC)C(N)CNC(=O)c1ccc(OC)cc1F. The summed E-state index contributed by atoms with van der Waals surface area (Å²) in [5.41, 5.74) is 6.02. The number of benzene rings is 1. The van der Waals surface area contributed by atoms with Gasteiger partial charge in [0.1, 0.15) is 11.6 Å². The van der Waals surface area contributed by atoms with E-state index in [1.807, 2.05) is 0 Å². The third-order valence-electron chi connectivity index (χ3n) is 3.57. The van der Waals surface area contributed by atoms with Crippen molar-refractivity contribution in [1.82, 2.24) is 5.32 Å². The quantitative estimate of drug-likeness (QED) is 0.806. The largest absolute Gasteiger partial charge is 0.497 e. The number of nitrogens with two attached hydrogens (primary N) is 1. The van der Waals surface area contributed by atoms with Crippen molar-refractivity contribution in [2.75, 3.05) is 13.7 Å². The van der Waals surface area contributed by atoms with Crippen LogP contribution in [0.2, 0.25) is 0 Å². The van der Waals surface area contributed by atoms with Gasteiger partial charge in [0.15, 0.2) is 0 Å². The summed E-state index contributed by atoms with van der Waals surface area (Å²) in [6.07, 6.45) is 1.93. The lowest BCUT2D eigenvalue weighted by atomic mass is 9.95. The molecule has 1 aromatic rings. The molecule has 112 valence electrons. The van der Waals surface area contributed by atoms with Gasteiger partial charge in [-0.25, -0.2) is 4.39 Å². The van der Waals surface area contributed by atoms with Crippen LogP contribution in [0.4, 0.5) is 4.39 Å². The number of carbonyl (C=O) groups excluding carboxylic acids is 1. The fourth-order valence-electron chi connectivity index (χ4n) is 2.17. The lowest BCUT2D eigenvalue weighted by Gasteiger charge is -2.21. The predicted octanol–water partition coefficient (Wildman–Crippen LogP) is 2.33. The second-order valence-corrected chi connectivity index (χ2v) is 4.80. The molecule has 1 aromatic carbocycles. The number of methoxy groups -OCH3 is 1. The third-order valence-corrected chi connectivity index (χ3v) is 3.57. The topological polar surface area (TPSA) is 64.3 Å². The molecule has 0 aliphatic carbocycles. The van der Waals surface area contributed by atoms with Crippen LogP contribution in [-0.4, -0.2) is 25.6 Å². The Morgan fingerprint density at radius 2 is 2.05 bits per heavy atom. The van der Waals surface area contributed by atoms with Crippen molar-refractivity contribution < 1.29 is 13.9 Å². The molecule has 3 N–H and O–H groups in total. The molecule has 4 nitrogen and oxygen atoms in total. The van der Waals surface area contributed by atoms with Crippen LogP contribution >= 0.6 is 0 Å². The number of ether oxygens (including phenoxy) is 1. The van der Waals surface area contributed by atoms with Crippen LogP contribution in [0.25, 0.3) is 0 Å². The highest BCUT2D eigenvalue weighted by molar-refractivity contribution is 5.94. The van der Waals surface area contributed by atoms with Crippen LogP contribution in [0.1, 0.15) is 37.0 Å². The molecule has 0 aromatic heterocycles. The molecular formula is C15H23FN2O2. The van der Waals surface area contributed by atoms with Gasteiger partial charge in [-0.3, -0.25) is 4.79 Å². The maximum Gasteiger partial charge on any atom is 0.254 e. The van der Waals surface area contributed by atoms with Crippen LogP contribution in [0.3, 0.4) is 0 Å². The van der Waals surface area contributed by atoms with E-state index in [1.54, 1.807) is 6.07 Å². The van der Waals surface area contributed by atoms with E-state index in [0.717, 1.165) is 12.8 Å². The summed E-state index contributed by atoms with van der Waals surface area (Å²) < 4.78 is 18.6. The molecule has 0 aliphatic rings. The predicted molar refractivity (Wildman–Crippen MR) is 77.3 cm³/mol. The minimum absolute atomic E-state index is 0.00236. The van der Waals surface area contributed by atoms with E-state index < -0.39 is 11.7 Å². The number of nitrogens with one attached hydrogen (secondary N) is 1. The monoisotopic (exact) mass is 282 g/mol. The molecule has 0 heterocycles. The zero-order valence-electron chi connectivity index (χ0n) is 12.3. The van der Waals surface area contributed by atoms with E-state index in [0.29, 0.717) is 18.2 Å². The molecule has 1 rings (SSSR count). The average molecular weight is 282 g/mol. The minimum Gasteiger partial charge on any atom is -0.497 e. The number of carbonyl (C=O) groups is 1. The minimum atomic E-state index is -0.599. The molecule has 0 saturated heterocycles. The molecule has 0 saturated carbocycles. The normalized spacial score (nSPS) is 12.3. The van der Waals surface area contributed by atoms with Crippen molar-refractivity contribution in [3.8, 4) is 5.75 Å². The first-order chi connectivity index (χ1) is 9.53. The Morgan fingerprint density at radius 1 is 1.40 bits per heavy atom. The fourth-order valence-corrected chi connectivity index (χ4v) is 2.17. The Morgan fingerprint density at radius 3 is 2.55 bits per heavy atom. The highest BCUT2D eigenvalue weighted by Crippen LogP contribution is 2.16. The van der Waals surface area contributed by atoms with E-state index in [9.17, 15) is 9.18 Å². The summed E-state index contributed by atoms with van der Waals surface area (Å²) in [7, 11) is 1.45. The molecule has 0 spiro atoms. The maximum absolute atomic E-state index is 13.7. The van der Waals surface area contributed by atoms with E-state index in [4.69, 9.17) is 10.5 Å². The van der Waals surface area contributed by atoms with Crippen LogP contribution in [0.15, 0.2) is 18.2 Å². The zero-order valence-corrected chi connectivity index (χ0v) is 12.3. The van der Waals surface area contributed by atoms with Gasteiger partial charge in [-0.1, -0.05) is 26.7 Å². The highest BCUT2D eigenvalue weighted by Gasteiger charge is 2.17. The number of rotatable bonds is 7. The molecule has 0 aliphatic heterocycles. The van der Waals surface area contributed by atoms with E-state index in [-0.39, 0.29) is 11.6 Å². The van der Waals surface area contributed by atoms with Gasteiger partial charge in [0.2, 0.25) is 0 Å². The van der Waals surface area contributed by atoms with Crippen molar-refractivity contribution in [2.45, 2.75) is 32.7 Å². The number of halogens is 1. The molecule has 5 heteroatoms. The van der Waals surface area contributed by atoms with Crippen LogP contribution in [-0.2, 0) is 0 Å². The Hall–Kier alpha value is -1.62. The lowest BCUT2D eigenvalue weighted by Crippen LogP contribution is -2.42. The molecule has 0 fully saturated rings. The Labute approximate surface area is 119 Å². The Kier molecular flexibility index (Phi) is 6.45. The van der Waals surface area contributed by atoms with E-state index in [2.05, 4.69) is 19.2 Å². The van der Waals surface area contributed by atoms with Crippen molar-refractivity contribution in [3.05, 3.63) is 29.6 Å². The van der Waals surface area contributed by atoms with Crippen molar-refractivity contribution in [1.29, 1.82) is 0 Å². The first-order valence-electron chi connectivity index (χ1n) is 6.90. The number of hydrogen-bond acceptors (Lipinski definition) is 3. The molecule has 0 bridgehead atoms. The van der Waals surface area contributed by atoms with E-state index in [1.165, 1.54) is 19.2 Å². The van der Waals surface area contributed by atoms with Gasteiger partial charge in [-0.05, 0) is 18.1 Å². The van der Waals surface area contributed by atoms with Crippen molar-refractivity contribution >= 4 is 5.91 Å². The third kappa shape index (κ3) is 4.20. The highest BCUT2D eigenvalue weighted by atomic mass is 19.1. The molecule has 1 amide bonds.